The van der Waals surface area contributed by atoms with Gasteiger partial charge in [-0.2, -0.15) is 0 Å². The summed E-state index contributed by atoms with van der Waals surface area (Å²) in [6.07, 6.45) is 11.7. The molecule has 1 saturated carbocycles. The molecule has 1 fully saturated rings. The van der Waals surface area contributed by atoms with Gasteiger partial charge in [-0.3, -0.25) is 4.98 Å². The maximum atomic E-state index is 6.05. The Kier molecular flexibility index (Phi) is 5.48. The normalized spacial score (nSPS) is 19.8. The van der Waals surface area contributed by atoms with Crippen LogP contribution in [0.3, 0.4) is 0 Å². The molecule has 0 radical (unpaired) electrons. The number of ether oxygens (including phenoxy) is 1. The summed E-state index contributed by atoms with van der Waals surface area (Å²) in [6, 6.07) is 10.5. The number of nitrogens with two attached hydrogens (primary N) is 1. The van der Waals surface area contributed by atoms with Crippen molar-refractivity contribution in [2.75, 3.05) is 12.4 Å². The number of methoxy groups -OCH3 is 1. The zero-order valence-electron chi connectivity index (χ0n) is 16.0. The van der Waals surface area contributed by atoms with E-state index in [0.29, 0.717) is 17.9 Å². The summed E-state index contributed by atoms with van der Waals surface area (Å²) < 4.78 is 5.40. The standard InChI is InChI=1S/C22H25N5O/c1-28-18-7-8-20-19(14-18)22(25-17-5-3-16(23)4-6-17)27-21(26-20)9-2-15-10-12-24-13-11-15/h2,7-14,16-17H,3-6,23H2,1H3,(H,25,26,27)/b9-2-. The lowest BCUT2D eigenvalue weighted by Gasteiger charge is -2.27. The zero-order valence-corrected chi connectivity index (χ0v) is 16.0. The molecule has 0 unspecified atom stereocenters. The molecule has 6 nitrogen and oxygen atoms in total. The number of rotatable bonds is 5. The summed E-state index contributed by atoms with van der Waals surface area (Å²) >= 11 is 0. The molecule has 0 atom stereocenters. The summed E-state index contributed by atoms with van der Waals surface area (Å²) in [5.41, 5.74) is 8.00. The quantitative estimate of drug-likeness (QED) is 0.704. The number of aromatic nitrogens is 3. The van der Waals surface area contributed by atoms with Crippen LogP contribution in [0.2, 0.25) is 0 Å². The lowest BCUT2D eigenvalue weighted by Crippen LogP contribution is -2.33. The minimum Gasteiger partial charge on any atom is -0.497 e. The molecule has 0 spiro atoms. The molecule has 3 N–H and O–H groups in total. The van der Waals surface area contributed by atoms with Crippen LogP contribution in [0.1, 0.15) is 37.1 Å². The Labute approximate surface area is 164 Å². The monoisotopic (exact) mass is 375 g/mol. The van der Waals surface area contributed by atoms with Crippen LogP contribution in [0.4, 0.5) is 5.82 Å². The first-order valence-corrected chi connectivity index (χ1v) is 9.67. The largest absolute Gasteiger partial charge is 0.497 e. The van der Waals surface area contributed by atoms with Gasteiger partial charge in [0.05, 0.1) is 12.6 Å². The van der Waals surface area contributed by atoms with Crippen LogP contribution < -0.4 is 15.8 Å². The molecule has 4 rings (SSSR count). The first-order valence-electron chi connectivity index (χ1n) is 9.67. The zero-order chi connectivity index (χ0) is 19.3. The molecule has 0 saturated heterocycles. The van der Waals surface area contributed by atoms with Gasteiger partial charge in [0.25, 0.3) is 0 Å². The molecule has 0 amide bonds. The number of nitrogens with zero attached hydrogens (tertiary/aromatic N) is 3. The third kappa shape index (κ3) is 4.28. The molecule has 2 heterocycles. The molecule has 6 heteroatoms. The Morgan fingerprint density at radius 1 is 1.04 bits per heavy atom. The van der Waals surface area contributed by atoms with E-state index in [1.165, 1.54) is 0 Å². The van der Waals surface area contributed by atoms with Crippen molar-refractivity contribution in [3.63, 3.8) is 0 Å². The highest BCUT2D eigenvalue weighted by Gasteiger charge is 2.20. The lowest BCUT2D eigenvalue weighted by atomic mass is 9.92. The van der Waals surface area contributed by atoms with Crippen LogP contribution in [0, 0.1) is 0 Å². The van der Waals surface area contributed by atoms with Gasteiger partial charge in [0, 0.05) is 29.9 Å². The molecule has 0 aliphatic heterocycles. The first kappa shape index (κ1) is 18.4. The van der Waals surface area contributed by atoms with Crippen molar-refractivity contribution < 1.29 is 4.74 Å². The average molecular weight is 375 g/mol. The number of anilines is 1. The topological polar surface area (TPSA) is 86.0 Å². The van der Waals surface area contributed by atoms with Gasteiger partial charge in [-0.15, -0.1) is 0 Å². The van der Waals surface area contributed by atoms with Crippen LogP contribution in [0.25, 0.3) is 23.1 Å². The van der Waals surface area contributed by atoms with E-state index in [2.05, 4.69) is 10.3 Å². The van der Waals surface area contributed by atoms with Gasteiger partial charge in [-0.1, -0.05) is 6.08 Å². The molecule has 1 aromatic carbocycles. The second kappa shape index (κ2) is 8.35. The van der Waals surface area contributed by atoms with E-state index in [1.807, 2.05) is 42.5 Å². The molecule has 1 aliphatic rings. The van der Waals surface area contributed by atoms with Gasteiger partial charge < -0.3 is 15.8 Å². The Hall–Kier alpha value is -2.99. The van der Waals surface area contributed by atoms with Crippen molar-refractivity contribution in [3.05, 3.63) is 54.1 Å². The smallest absolute Gasteiger partial charge is 0.154 e. The summed E-state index contributed by atoms with van der Waals surface area (Å²) in [5.74, 6) is 2.31. The van der Waals surface area contributed by atoms with E-state index >= 15 is 0 Å². The second-order valence-electron chi connectivity index (χ2n) is 7.18. The maximum Gasteiger partial charge on any atom is 0.154 e. The minimum atomic E-state index is 0.319. The number of hydrogen-bond acceptors (Lipinski definition) is 6. The van der Waals surface area contributed by atoms with Gasteiger partial charge in [0.2, 0.25) is 0 Å². The van der Waals surface area contributed by atoms with Gasteiger partial charge in [-0.25, -0.2) is 9.97 Å². The number of benzene rings is 1. The van der Waals surface area contributed by atoms with Crippen LogP contribution in [-0.4, -0.2) is 34.1 Å². The van der Waals surface area contributed by atoms with Crippen molar-refractivity contribution in [3.8, 4) is 5.75 Å². The number of pyridine rings is 1. The van der Waals surface area contributed by atoms with E-state index in [-0.39, 0.29) is 0 Å². The van der Waals surface area contributed by atoms with Crippen molar-refractivity contribution >= 4 is 28.9 Å². The highest BCUT2D eigenvalue weighted by atomic mass is 16.5. The molecule has 1 aliphatic carbocycles. The van der Waals surface area contributed by atoms with E-state index in [4.69, 9.17) is 20.4 Å². The highest BCUT2D eigenvalue weighted by Crippen LogP contribution is 2.28. The predicted molar refractivity (Wildman–Crippen MR) is 113 cm³/mol. The van der Waals surface area contributed by atoms with Crippen molar-refractivity contribution in [2.45, 2.75) is 37.8 Å². The molecule has 28 heavy (non-hydrogen) atoms. The van der Waals surface area contributed by atoms with Crippen LogP contribution in [0.5, 0.6) is 5.75 Å². The average Bonchev–Trinajstić information content (AvgIpc) is 2.74. The molecule has 2 aromatic heterocycles. The molecule has 3 aromatic rings. The van der Waals surface area contributed by atoms with Crippen molar-refractivity contribution in [2.24, 2.45) is 5.73 Å². The van der Waals surface area contributed by atoms with E-state index < -0.39 is 0 Å². The fourth-order valence-electron chi connectivity index (χ4n) is 3.54. The van der Waals surface area contributed by atoms with Gasteiger partial charge in [0.15, 0.2) is 5.82 Å². The Balaban J connectivity index is 1.68. The third-order valence-corrected chi connectivity index (χ3v) is 5.16. The van der Waals surface area contributed by atoms with E-state index in [1.54, 1.807) is 19.5 Å². The second-order valence-corrected chi connectivity index (χ2v) is 7.18. The van der Waals surface area contributed by atoms with Crippen LogP contribution in [0.15, 0.2) is 42.7 Å². The van der Waals surface area contributed by atoms with Crippen molar-refractivity contribution in [1.82, 2.24) is 15.0 Å². The van der Waals surface area contributed by atoms with Gasteiger partial charge >= 0.3 is 0 Å². The third-order valence-electron chi connectivity index (χ3n) is 5.16. The Morgan fingerprint density at radius 2 is 1.82 bits per heavy atom. The summed E-state index contributed by atoms with van der Waals surface area (Å²) in [4.78, 5) is 13.5. The predicted octanol–water partition coefficient (Wildman–Crippen LogP) is 3.89. The van der Waals surface area contributed by atoms with Crippen molar-refractivity contribution in [1.29, 1.82) is 0 Å². The summed E-state index contributed by atoms with van der Waals surface area (Å²) in [6.45, 7) is 0. The lowest BCUT2D eigenvalue weighted by molar-refractivity contribution is 0.410. The van der Waals surface area contributed by atoms with Crippen LogP contribution >= 0.6 is 0 Å². The number of nitrogens with one attached hydrogen (secondary N) is 1. The fourth-order valence-corrected chi connectivity index (χ4v) is 3.54. The molecule has 144 valence electrons. The highest BCUT2D eigenvalue weighted by molar-refractivity contribution is 5.91. The van der Waals surface area contributed by atoms with Crippen LogP contribution in [-0.2, 0) is 0 Å². The van der Waals surface area contributed by atoms with E-state index in [9.17, 15) is 0 Å². The molecule has 0 bridgehead atoms. The fraction of sp³-hybridized carbons (Fsp3) is 0.318. The van der Waals surface area contributed by atoms with E-state index in [0.717, 1.165) is 53.7 Å². The maximum absolute atomic E-state index is 6.05. The Bertz CT molecular complexity index is 965. The minimum absolute atomic E-state index is 0.319. The SMILES string of the molecule is COc1ccc2nc(/C=C\c3ccncc3)nc(NC3CCC(N)CC3)c2c1. The van der Waals surface area contributed by atoms with Gasteiger partial charge in [-0.05, 0) is 67.7 Å². The molecular formula is C22H25N5O. The number of hydrogen-bond donors (Lipinski definition) is 2. The van der Waals surface area contributed by atoms with Gasteiger partial charge in [0.1, 0.15) is 11.6 Å². The number of fused-ring (bicyclic) bond motifs is 1. The summed E-state index contributed by atoms with van der Waals surface area (Å²) in [7, 11) is 1.67. The molecular weight excluding hydrogens is 350 g/mol. The summed E-state index contributed by atoms with van der Waals surface area (Å²) in [5, 5.41) is 4.60. The Morgan fingerprint density at radius 3 is 2.57 bits per heavy atom. The first-order chi connectivity index (χ1) is 13.7.